The predicted molar refractivity (Wildman–Crippen MR) is 133 cm³/mol. The maximum Gasteiger partial charge on any atom is 0.409 e. The molecule has 8 heteroatoms. The van der Waals surface area contributed by atoms with E-state index in [-0.39, 0.29) is 17.6 Å². The third-order valence-electron chi connectivity index (χ3n) is 6.27. The zero-order valence-electron chi connectivity index (χ0n) is 20.2. The first-order valence-corrected chi connectivity index (χ1v) is 11.7. The minimum atomic E-state index is -0.960. The summed E-state index contributed by atoms with van der Waals surface area (Å²) in [5, 5.41) is 10.3. The number of fused-ring (bicyclic) bond motifs is 1. The van der Waals surface area contributed by atoms with E-state index in [4.69, 9.17) is 9.72 Å². The molecule has 1 aliphatic rings. The molecule has 0 saturated carbocycles. The number of carbonyl (C=O) groups excluding carboxylic acids is 2. The van der Waals surface area contributed by atoms with Gasteiger partial charge in [0, 0.05) is 42.7 Å². The van der Waals surface area contributed by atoms with E-state index >= 15 is 0 Å². The molecule has 0 spiro atoms. The Bertz CT molecular complexity index is 1300. The molecule has 35 heavy (non-hydrogen) atoms. The Morgan fingerprint density at radius 3 is 2.31 bits per heavy atom. The Balaban J connectivity index is 1.55. The Kier molecular flexibility index (Phi) is 7.00. The van der Waals surface area contributed by atoms with Crippen molar-refractivity contribution in [3.63, 3.8) is 0 Å². The molecule has 1 fully saturated rings. The van der Waals surface area contributed by atoms with Crippen LogP contribution in [0.4, 0.5) is 4.79 Å². The van der Waals surface area contributed by atoms with Gasteiger partial charge in [0.05, 0.1) is 23.4 Å². The second-order valence-electron chi connectivity index (χ2n) is 8.78. The molecule has 0 bridgehead atoms. The summed E-state index contributed by atoms with van der Waals surface area (Å²) in [6.45, 7) is 7.87. The Hall–Kier alpha value is -3.94. The molecule has 1 N–H and O–H groups in total. The predicted octanol–water partition coefficient (Wildman–Crippen LogP) is 4.52. The van der Waals surface area contributed by atoms with E-state index in [2.05, 4.69) is 0 Å². The Labute approximate surface area is 204 Å². The van der Waals surface area contributed by atoms with E-state index in [0.717, 1.165) is 28.6 Å². The molecule has 0 radical (unpaired) electrons. The first-order valence-electron chi connectivity index (χ1n) is 11.7. The number of amides is 2. The summed E-state index contributed by atoms with van der Waals surface area (Å²) in [6, 6.07) is 12.6. The molecule has 0 aliphatic carbocycles. The van der Waals surface area contributed by atoms with Gasteiger partial charge in [-0.3, -0.25) is 4.79 Å². The summed E-state index contributed by atoms with van der Waals surface area (Å²) >= 11 is 0. The van der Waals surface area contributed by atoms with Gasteiger partial charge in [-0.25, -0.2) is 14.6 Å². The van der Waals surface area contributed by atoms with Crippen molar-refractivity contribution in [1.29, 1.82) is 0 Å². The summed E-state index contributed by atoms with van der Waals surface area (Å²) < 4.78 is 5.19. The van der Waals surface area contributed by atoms with Gasteiger partial charge in [-0.1, -0.05) is 19.1 Å². The van der Waals surface area contributed by atoms with Gasteiger partial charge in [-0.2, -0.15) is 0 Å². The van der Waals surface area contributed by atoms with Crippen LogP contribution in [-0.2, 0) is 4.74 Å². The summed E-state index contributed by atoms with van der Waals surface area (Å²) in [5.74, 6) is -1.06. The van der Waals surface area contributed by atoms with Crippen molar-refractivity contribution >= 4 is 28.9 Å². The van der Waals surface area contributed by atoms with Gasteiger partial charge in [0.2, 0.25) is 0 Å². The van der Waals surface area contributed by atoms with Crippen LogP contribution in [0.3, 0.4) is 0 Å². The number of pyridine rings is 1. The third-order valence-corrected chi connectivity index (χ3v) is 6.27. The van der Waals surface area contributed by atoms with Crippen molar-refractivity contribution in [3.05, 3.63) is 64.7 Å². The van der Waals surface area contributed by atoms with Crippen LogP contribution in [0.2, 0.25) is 0 Å². The number of aryl methyl sites for hydroxylation is 2. The van der Waals surface area contributed by atoms with Crippen molar-refractivity contribution in [2.24, 2.45) is 0 Å². The highest BCUT2D eigenvalue weighted by Crippen LogP contribution is 2.27. The molecule has 8 nitrogen and oxygen atoms in total. The highest BCUT2D eigenvalue weighted by atomic mass is 16.6. The van der Waals surface area contributed by atoms with Crippen LogP contribution in [0.25, 0.3) is 22.2 Å². The van der Waals surface area contributed by atoms with Crippen LogP contribution in [-0.4, -0.2) is 70.6 Å². The number of piperazine rings is 1. The molecule has 1 saturated heterocycles. The molecule has 1 aliphatic heterocycles. The number of benzene rings is 2. The molecule has 2 aromatic carbocycles. The minimum absolute atomic E-state index is 0.0972. The van der Waals surface area contributed by atoms with E-state index in [9.17, 15) is 19.5 Å². The Morgan fingerprint density at radius 2 is 1.66 bits per heavy atom. The minimum Gasteiger partial charge on any atom is -0.478 e. The van der Waals surface area contributed by atoms with Crippen LogP contribution in [0, 0.1) is 13.8 Å². The molecule has 2 heterocycles. The molecular formula is C27H29N3O5. The standard InChI is InChI=1S/C27H29N3O5/c1-4-13-35-27(34)30-11-9-29(10-12-30)25(31)20-6-7-21-18(3)15-23(28-24(21)16-20)19-5-8-22(26(32)33)17(2)14-19/h5-8,14-16H,4,9-13H2,1-3H3,(H,32,33). The fourth-order valence-electron chi connectivity index (χ4n) is 4.30. The Morgan fingerprint density at radius 1 is 0.943 bits per heavy atom. The van der Waals surface area contributed by atoms with Crippen molar-refractivity contribution in [2.75, 3.05) is 32.8 Å². The quantitative estimate of drug-likeness (QED) is 0.582. The average molecular weight is 476 g/mol. The van der Waals surface area contributed by atoms with Gasteiger partial charge >= 0.3 is 12.1 Å². The lowest BCUT2D eigenvalue weighted by Crippen LogP contribution is -2.50. The number of carbonyl (C=O) groups is 3. The van der Waals surface area contributed by atoms with E-state index in [0.29, 0.717) is 49.4 Å². The number of aromatic carboxylic acids is 1. The van der Waals surface area contributed by atoms with Gasteiger partial charge in [-0.15, -0.1) is 0 Å². The highest BCUT2D eigenvalue weighted by Gasteiger charge is 2.26. The lowest BCUT2D eigenvalue weighted by atomic mass is 10.00. The molecule has 4 rings (SSSR count). The van der Waals surface area contributed by atoms with E-state index in [1.165, 1.54) is 0 Å². The van der Waals surface area contributed by atoms with Gasteiger partial charge < -0.3 is 19.6 Å². The zero-order chi connectivity index (χ0) is 25.1. The normalized spacial score (nSPS) is 13.7. The topological polar surface area (TPSA) is 100 Å². The number of aromatic nitrogens is 1. The van der Waals surface area contributed by atoms with Crippen molar-refractivity contribution in [2.45, 2.75) is 27.2 Å². The maximum atomic E-state index is 13.2. The molecule has 0 atom stereocenters. The third kappa shape index (κ3) is 5.11. The van der Waals surface area contributed by atoms with Crippen molar-refractivity contribution in [1.82, 2.24) is 14.8 Å². The zero-order valence-corrected chi connectivity index (χ0v) is 20.2. The number of carboxylic acids is 1. The molecule has 3 aromatic rings. The number of nitrogens with zero attached hydrogens (tertiary/aromatic N) is 3. The largest absolute Gasteiger partial charge is 0.478 e. The smallest absolute Gasteiger partial charge is 0.409 e. The highest BCUT2D eigenvalue weighted by molar-refractivity contribution is 5.99. The summed E-state index contributed by atoms with van der Waals surface area (Å²) in [5.41, 5.74) is 4.73. The summed E-state index contributed by atoms with van der Waals surface area (Å²) in [6.07, 6.45) is 0.442. The van der Waals surface area contributed by atoms with Crippen molar-refractivity contribution < 1.29 is 24.2 Å². The van der Waals surface area contributed by atoms with E-state index < -0.39 is 5.97 Å². The summed E-state index contributed by atoms with van der Waals surface area (Å²) in [4.78, 5) is 44.8. The number of carboxylic acid groups (broad SMARTS) is 1. The van der Waals surface area contributed by atoms with Gasteiger partial charge in [0.25, 0.3) is 5.91 Å². The number of hydrogen-bond acceptors (Lipinski definition) is 5. The molecule has 0 unspecified atom stereocenters. The second-order valence-corrected chi connectivity index (χ2v) is 8.78. The molecular weight excluding hydrogens is 446 g/mol. The average Bonchev–Trinajstić information content (AvgIpc) is 2.86. The molecule has 2 amide bonds. The fraction of sp³-hybridized carbons (Fsp3) is 0.333. The number of ether oxygens (including phenoxy) is 1. The molecule has 182 valence electrons. The van der Waals surface area contributed by atoms with Crippen LogP contribution in [0.15, 0.2) is 42.5 Å². The lowest BCUT2D eigenvalue weighted by Gasteiger charge is -2.34. The first-order chi connectivity index (χ1) is 16.8. The van der Waals surface area contributed by atoms with Gasteiger partial charge in [0.15, 0.2) is 0 Å². The van der Waals surface area contributed by atoms with Crippen LogP contribution >= 0.6 is 0 Å². The van der Waals surface area contributed by atoms with E-state index in [1.54, 1.807) is 34.9 Å². The summed E-state index contributed by atoms with van der Waals surface area (Å²) in [7, 11) is 0. The van der Waals surface area contributed by atoms with Gasteiger partial charge in [-0.05, 0) is 61.7 Å². The SMILES string of the molecule is CCCOC(=O)N1CCN(C(=O)c2ccc3c(C)cc(-c4ccc(C(=O)O)c(C)c4)nc3c2)CC1. The lowest BCUT2D eigenvalue weighted by molar-refractivity contribution is 0.0560. The van der Waals surface area contributed by atoms with Gasteiger partial charge in [0.1, 0.15) is 0 Å². The van der Waals surface area contributed by atoms with Crippen LogP contribution < -0.4 is 0 Å². The second kappa shape index (κ2) is 10.1. The van der Waals surface area contributed by atoms with Crippen LogP contribution in [0.5, 0.6) is 0 Å². The number of rotatable bonds is 5. The van der Waals surface area contributed by atoms with Crippen molar-refractivity contribution in [3.8, 4) is 11.3 Å². The van der Waals surface area contributed by atoms with Crippen LogP contribution in [0.1, 0.15) is 45.2 Å². The number of hydrogen-bond donors (Lipinski definition) is 1. The van der Waals surface area contributed by atoms with E-state index in [1.807, 2.05) is 38.1 Å². The fourth-order valence-corrected chi connectivity index (χ4v) is 4.30. The molecule has 1 aromatic heterocycles. The first kappa shape index (κ1) is 24.2. The monoisotopic (exact) mass is 475 g/mol. The maximum absolute atomic E-state index is 13.2.